The van der Waals surface area contributed by atoms with Crippen molar-refractivity contribution in [1.29, 1.82) is 0 Å². The van der Waals surface area contributed by atoms with Gasteiger partial charge in [0.1, 0.15) is 0 Å². The van der Waals surface area contributed by atoms with Gasteiger partial charge in [0.05, 0.1) is 24.5 Å². The first-order valence-electron chi connectivity index (χ1n) is 7.46. The summed E-state index contributed by atoms with van der Waals surface area (Å²) >= 11 is 0. The van der Waals surface area contributed by atoms with Crippen molar-refractivity contribution in [3.63, 3.8) is 0 Å². The van der Waals surface area contributed by atoms with E-state index in [1.165, 1.54) is 6.20 Å². The van der Waals surface area contributed by atoms with Crippen LogP contribution in [0.15, 0.2) is 6.20 Å². The van der Waals surface area contributed by atoms with Crippen molar-refractivity contribution >= 4 is 11.9 Å². The molecule has 2 N–H and O–H groups in total. The lowest BCUT2D eigenvalue weighted by Crippen LogP contribution is -2.31. The number of aliphatic hydroxyl groups excluding tert-OH is 1. The summed E-state index contributed by atoms with van der Waals surface area (Å²) in [7, 11) is 0. The fourth-order valence-electron chi connectivity index (χ4n) is 2.74. The Morgan fingerprint density at radius 3 is 2.76 bits per heavy atom. The average molecular weight is 293 g/mol. The van der Waals surface area contributed by atoms with Crippen LogP contribution in [-0.4, -0.2) is 40.8 Å². The van der Waals surface area contributed by atoms with E-state index >= 15 is 0 Å². The molecule has 0 aromatic carbocycles. The number of hydrogen-bond donors (Lipinski definition) is 2. The molecule has 1 aromatic rings. The molecule has 0 spiro atoms. The van der Waals surface area contributed by atoms with Crippen LogP contribution in [0, 0.1) is 12.3 Å². The summed E-state index contributed by atoms with van der Waals surface area (Å²) < 4.78 is 4.95. The molecule has 6 heteroatoms. The Kier molecular flexibility index (Phi) is 5.12. The molecule has 0 aliphatic heterocycles. The van der Waals surface area contributed by atoms with Crippen LogP contribution in [0.4, 0.5) is 5.95 Å². The molecule has 1 heterocycles. The highest BCUT2D eigenvalue weighted by molar-refractivity contribution is 5.90. The van der Waals surface area contributed by atoms with E-state index in [2.05, 4.69) is 15.3 Å². The summed E-state index contributed by atoms with van der Waals surface area (Å²) in [5.74, 6) is 0.0874. The Balaban J connectivity index is 2.01. The molecule has 0 atom stereocenters. The van der Waals surface area contributed by atoms with Gasteiger partial charge in [-0.1, -0.05) is 12.8 Å². The molecular weight excluding hydrogens is 270 g/mol. The highest BCUT2D eigenvalue weighted by atomic mass is 16.5. The summed E-state index contributed by atoms with van der Waals surface area (Å²) in [4.78, 5) is 20.1. The Hall–Kier alpha value is -1.69. The lowest BCUT2D eigenvalue weighted by atomic mass is 9.87. The molecule has 0 radical (unpaired) electrons. The number of ether oxygens (including phenoxy) is 1. The minimum atomic E-state index is -0.399. The van der Waals surface area contributed by atoms with Crippen LogP contribution in [0.2, 0.25) is 0 Å². The third-order valence-electron chi connectivity index (χ3n) is 4.10. The standard InChI is InChI=1S/C15H23N3O3/c1-3-21-13(20)12-8-16-14(18-11(12)2)17-9-15(10-19)6-4-5-7-15/h8,19H,3-7,9-10H2,1-2H3,(H,16,17,18). The van der Waals surface area contributed by atoms with Crippen molar-refractivity contribution in [3.05, 3.63) is 17.5 Å². The second-order valence-corrected chi connectivity index (χ2v) is 5.63. The molecule has 0 saturated heterocycles. The van der Waals surface area contributed by atoms with E-state index in [0.717, 1.165) is 25.7 Å². The quantitative estimate of drug-likeness (QED) is 0.780. The zero-order valence-corrected chi connectivity index (χ0v) is 12.7. The van der Waals surface area contributed by atoms with Gasteiger partial charge in [0.2, 0.25) is 5.95 Å². The van der Waals surface area contributed by atoms with Crippen LogP contribution in [0.1, 0.15) is 48.7 Å². The molecule has 0 amide bonds. The first kappa shape index (κ1) is 15.7. The predicted molar refractivity (Wildman–Crippen MR) is 79.2 cm³/mol. The number of aryl methyl sites for hydroxylation is 1. The van der Waals surface area contributed by atoms with Crippen molar-refractivity contribution in [1.82, 2.24) is 9.97 Å². The third kappa shape index (κ3) is 3.69. The summed E-state index contributed by atoms with van der Waals surface area (Å²) in [6.45, 7) is 4.69. The topological polar surface area (TPSA) is 84.3 Å². The lowest BCUT2D eigenvalue weighted by Gasteiger charge is -2.26. The largest absolute Gasteiger partial charge is 0.462 e. The van der Waals surface area contributed by atoms with Gasteiger partial charge in [-0.3, -0.25) is 0 Å². The second-order valence-electron chi connectivity index (χ2n) is 5.63. The van der Waals surface area contributed by atoms with Gasteiger partial charge in [0.15, 0.2) is 0 Å². The van der Waals surface area contributed by atoms with E-state index in [9.17, 15) is 9.90 Å². The number of carbonyl (C=O) groups is 1. The molecule has 0 bridgehead atoms. The Morgan fingerprint density at radius 1 is 1.48 bits per heavy atom. The van der Waals surface area contributed by atoms with Gasteiger partial charge >= 0.3 is 5.97 Å². The Morgan fingerprint density at radius 2 is 2.19 bits per heavy atom. The molecular formula is C15H23N3O3. The molecule has 1 saturated carbocycles. The molecule has 1 aromatic heterocycles. The molecule has 116 valence electrons. The van der Waals surface area contributed by atoms with E-state index in [0.29, 0.717) is 30.4 Å². The average Bonchev–Trinajstić information content (AvgIpc) is 2.95. The maximum Gasteiger partial charge on any atom is 0.341 e. The van der Waals surface area contributed by atoms with Crippen LogP contribution in [0.5, 0.6) is 0 Å². The summed E-state index contributed by atoms with van der Waals surface area (Å²) in [6, 6.07) is 0. The maximum atomic E-state index is 11.7. The van der Waals surface area contributed by atoms with Crippen LogP contribution in [-0.2, 0) is 4.74 Å². The predicted octanol–water partition coefficient (Wildman–Crippen LogP) is 1.93. The first-order chi connectivity index (χ1) is 10.1. The van der Waals surface area contributed by atoms with Gasteiger partial charge in [-0.25, -0.2) is 14.8 Å². The minimum Gasteiger partial charge on any atom is -0.462 e. The number of nitrogens with zero attached hydrogens (tertiary/aromatic N) is 2. The number of anilines is 1. The van der Waals surface area contributed by atoms with Crippen molar-refractivity contribution in [3.8, 4) is 0 Å². The monoisotopic (exact) mass is 293 g/mol. The molecule has 21 heavy (non-hydrogen) atoms. The van der Waals surface area contributed by atoms with E-state index in [1.54, 1.807) is 13.8 Å². The first-order valence-corrected chi connectivity index (χ1v) is 7.46. The van der Waals surface area contributed by atoms with Gasteiger partial charge in [0, 0.05) is 18.2 Å². The number of rotatable bonds is 6. The molecule has 1 fully saturated rings. The lowest BCUT2D eigenvalue weighted by molar-refractivity contribution is 0.0524. The van der Waals surface area contributed by atoms with Crippen LogP contribution < -0.4 is 5.32 Å². The number of carbonyl (C=O) groups excluding carboxylic acids is 1. The van der Waals surface area contributed by atoms with Crippen LogP contribution >= 0.6 is 0 Å². The zero-order chi connectivity index (χ0) is 15.3. The summed E-state index contributed by atoms with van der Waals surface area (Å²) in [6.07, 6.45) is 5.85. The van der Waals surface area contributed by atoms with Crippen LogP contribution in [0.3, 0.4) is 0 Å². The van der Waals surface area contributed by atoms with Gasteiger partial charge < -0.3 is 15.2 Å². The fraction of sp³-hybridized carbons (Fsp3) is 0.667. The fourth-order valence-corrected chi connectivity index (χ4v) is 2.74. The second kappa shape index (κ2) is 6.85. The molecule has 1 aliphatic carbocycles. The minimum absolute atomic E-state index is 0.0585. The maximum absolute atomic E-state index is 11.7. The van der Waals surface area contributed by atoms with Crippen molar-refractivity contribution in [2.45, 2.75) is 39.5 Å². The van der Waals surface area contributed by atoms with Gasteiger partial charge in [0.25, 0.3) is 0 Å². The van der Waals surface area contributed by atoms with E-state index in [-0.39, 0.29) is 12.0 Å². The van der Waals surface area contributed by atoms with Crippen LogP contribution in [0.25, 0.3) is 0 Å². The van der Waals surface area contributed by atoms with Crippen molar-refractivity contribution < 1.29 is 14.6 Å². The third-order valence-corrected chi connectivity index (χ3v) is 4.10. The number of esters is 1. The molecule has 0 unspecified atom stereocenters. The van der Waals surface area contributed by atoms with Crippen molar-refractivity contribution in [2.24, 2.45) is 5.41 Å². The van der Waals surface area contributed by atoms with E-state index < -0.39 is 5.97 Å². The highest BCUT2D eigenvalue weighted by Gasteiger charge is 2.33. The number of aliphatic hydroxyl groups is 1. The Bertz CT molecular complexity index is 499. The Labute approximate surface area is 124 Å². The van der Waals surface area contributed by atoms with Gasteiger partial charge in [-0.2, -0.15) is 0 Å². The summed E-state index contributed by atoms with van der Waals surface area (Å²) in [5.41, 5.74) is 0.924. The molecule has 1 aliphatic rings. The number of nitrogens with one attached hydrogen (secondary N) is 1. The smallest absolute Gasteiger partial charge is 0.341 e. The van der Waals surface area contributed by atoms with Crippen molar-refractivity contribution in [2.75, 3.05) is 25.1 Å². The van der Waals surface area contributed by atoms with Gasteiger partial charge in [-0.15, -0.1) is 0 Å². The van der Waals surface area contributed by atoms with Gasteiger partial charge in [-0.05, 0) is 26.7 Å². The van der Waals surface area contributed by atoms with E-state index in [1.807, 2.05) is 0 Å². The SMILES string of the molecule is CCOC(=O)c1cnc(NCC2(CO)CCCC2)nc1C. The number of hydrogen-bond acceptors (Lipinski definition) is 6. The highest BCUT2D eigenvalue weighted by Crippen LogP contribution is 2.37. The molecule has 6 nitrogen and oxygen atoms in total. The number of aromatic nitrogens is 2. The zero-order valence-electron chi connectivity index (χ0n) is 12.7. The van der Waals surface area contributed by atoms with E-state index in [4.69, 9.17) is 4.74 Å². The normalized spacial score (nSPS) is 16.7. The summed E-state index contributed by atoms with van der Waals surface area (Å²) in [5, 5.41) is 12.8. The molecule has 2 rings (SSSR count).